The van der Waals surface area contributed by atoms with E-state index in [1.54, 1.807) is 0 Å². The molecule has 0 spiro atoms. The second-order valence-corrected chi connectivity index (χ2v) is 8.05. The van der Waals surface area contributed by atoms with Crippen molar-refractivity contribution >= 4 is 39.7 Å². The Morgan fingerprint density at radius 2 is 1.13 bits per heavy atom. The third-order valence-corrected chi connectivity index (χ3v) is 4.82. The first kappa shape index (κ1) is 26.1. The molecular weight excluding hydrogens is 321 g/mol. The van der Waals surface area contributed by atoms with Gasteiger partial charge in [0.05, 0.1) is 5.75 Å². The van der Waals surface area contributed by atoms with E-state index in [1.807, 2.05) is 11.9 Å². The van der Waals surface area contributed by atoms with Crippen LogP contribution in [0.1, 0.15) is 84.0 Å². The number of nitrogens with zero attached hydrogens (tertiary/aromatic N) is 1. The molecule has 0 saturated carbocycles. The predicted molar refractivity (Wildman–Crippen MR) is 102 cm³/mol. The van der Waals surface area contributed by atoms with Crippen molar-refractivity contribution in [2.75, 3.05) is 25.9 Å². The zero-order chi connectivity index (χ0) is 16.7. The SMILES string of the molecule is CCCCCCCCCCCCCCN(C)CCS(=O)(=O)O.[NaH]. The predicted octanol–water partition coefficient (Wildman–Crippen LogP) is 3.86. The van der Waals surface area contributed by atoms with Crippen molar-refractivity contribution in [2.45, 2.75) is 84.0 Å². The van der Waals surface area contributed by atoms with Gasteiger partial charge in [-0.05, 0) is 20.0 Å². The molecule has 0 aromatic rings. The van der Waals surface area contributed by atoms with E-state index in [9.17, 15) is 8.42 Å². The van der Waals surface area contributed by atoms with E-state index in [1.165, 1.54) is 70.6 Å². The average molecular weight is 360 g/mol. The Morgan fingerprint density at radius 1 is 0.739 bits per heavy atom. The average Bonchev–Trinajstić information content (AvgIpc) is 2.45. The Balaban J connectivity index is 0. The maximum absolute atomic E-state index is 10.6. The van der Waals surface area contributed by atoms with Gasteiger partial charge in [0, 0.05) is 6.54 Å². The molecule has 0 radical (unpaired) electrons. The van der Waals surface area contributed by atoms with Crippen molar-refractivity contribution in [3.63, 3.8) is 0 Å². The van der Waals surface area contributed by atoms with Crippen LogP contribution in [0.15, 0.2) is 0 Å². The van der Waals surface area contributed by atoms with Gasteiger partial charge in [0.2, 0.25) is 0 Å². The zero-order valence-corrected chi connectivity index (χ0v) is 15.5. The molecular formula is C17H38NNaO3S. The molecule has 136 valence electrons. The van der Waals surface area contributed by atoms with E-state index >= 15 is 0 Å². The van der Waals surface area contributed by atoms with E-state index in [0.29, 0.717) is 6.54 Å². The summed E-state index contributed by atoms with van der Waals surface area (Å²) in [5, 5.41) is 0. The van der Waals surface area contributed by atoms with Crippen LogP contribution in [0, 0.1) is 0 Å². The molecule has 0 aliphatic carbocycles. The van der Waals surface area contributed by atoms with Crippen LogP contribution < -0.4 is 0 Å². The first-order valence-corrected chi connectivity index (χ1v) is 10.7. The minimum atomic E-state index is -3.82. The van der Waals surface area contributed by atoms with Gasteiger partial charge in [-0.1, -0.05) is 77.6 Å². The molecule has 0 heterocycles. The second kappa shape index (κ2) is 17.7. The number of hydrogen-bond acceptors (Lipinski definition) is 3. The van der Waals surface area contributed by atoms with Gasteiger partial charge in [-0.15, -0.1) is 0 Å². The van der Waals surface area contributed by atoms with Crippen LogP contribution in [0.4, 0.5) is 0 Å². The quantitative estimate of drug-likeness (QED) is 0.258. The molecule has 0 aliphatic rings. The topological polar surface area (TPSA) is 57.6 Å². The summed E-state index contributed by atoms with van der Waals surface area (Å²) in [6, 6.07) is 0. The molecule has 0 amide bonds. The summed E-state index contributed by atoms with van der Waals surface area (Å²) in [6.45, 7) is 3.58. The molecule has 0 aromatic heterocycles. The Morgan fingerprint density at radius 3 is 1.52 bits per heavy atom. The standard InChI is InChI=1S/C17H37NO3S.Na.H/c1-3-4-5-6-7-8-9-10-11-12-13-14-15-18(2)16-17-22(19,20)21;;/h3-17H2,1-2H3,(H,19,20,21);;. The normalized spacial score (nSPS) is 11.7. The summed E-state index contributed by atoms with van der Waals surface area (Å²) in [5.74, 6) is -0.165. The second-order valence-electron chi connectivity index (χ2n) is 6.48. The molecule has 0 atom stereocenters. The van der Waals surface area contributed by atoms with E-state index < -0.39 is 10.1 Å². The molecule has 1 N–H and O–H groups in total. The summed E-state index contributed by atoms with van der Waals surface area (Å²) in [7, 11) is -1.91. The fourth-order valence-corrected chi connectivity index (χ4v) is 3.15. The van der Waals surface area contributed by atoms with Crippen molar-refractivity contribution in [1.82, 2.24) is 4.90 Å². The Labute approximate surface area is 166 Å². The van der Waals surface area contributed by atoms with Crippen LogP contribution in [0.5, 0.6) is 0 Å². The molecule has 0 aliphatic heterocycles. The van der Waals surface area contributed by atoms with Crippen molar-refractivity contribution in [3.8, 4) is 0 Å². The summed E-state index contributed by atoms with van der Waals surface area (Å²) < 4.78 is 30.0. The molecule has 6 heteroatoms. The van der Waals surface area contributed by atoms with Crippen molar-refractivity contribution in [3.05, 3.63) is 0 Å². The first-order valence-electron chi connectivity index (χ1n) is 9.09. The van der Waals surface area contributed by atoms with E-state index in [0.717, 1.165) is 13.0 Å². The Hall–Kier alpha value is 0.870. The fraction of sp³-hybridized carbons (Fsp3) is 1.00. The van der Waals surface area contributed by atoms with Crippen LogP contribution in [-0.2, 0) is 10.1 Å². The zero-order valence-electron chi connectivity index (χ0n) is 14.7. The van der Waals surface area contributed by atoms with Crippen molar-refractivity contribution < 1.29 is 13.0 Å². The number of rotatable bonds is 16. The molecule has 0 unspecified atom stereocenters. The number of hydrogen-bond donors (Lipinski definition) is 1. The third-order valence-electron chi connectivity index (χ3n) is 4.12. The molecule has 0 fully saturated rings. The summed E-state index contributed by atoms with van der Waals surface area (Å²) >= 11 is 0. The van der Waals surface area contributed by atoms with Gasteiger partial charge in [-0.25, -0.2) is 0 Å². The van der Waals surface area contributed by atoms with Crippen LogP contribution in [0.25, 0.3) is 0 Å². The molecule has 0 bridgehead atoms. The van der Waals surface area contributed by atoms with E-state index in [2.05, 4.69) is 6.92 Å². The number of unbranched alkanes of at least 4 members (excludes halogenated alkanes) is 11. The Kier molecular flexibility index (Phi) is 20.1. The van der Waals surface area contributed by atoms with Gasteiger partial charge >= 0.3 is 29.6 Å². The monoisotopic (exact) mass is 359 g/mol. The van der Waals surface area contributed by atoms with Crippen molar-refractivity contribution in [1.29, 1.82) is 0 Å². The van der Waals surface area contributed by atoms with Crippen LogP contribution >= 0.6 is 0 Å². The van der Waals surface area contributed by atoms with E-state index in [4.69, 9.17) is 4.55 Å². The van der Waals surface area contributed by atoms with Gasteiger partial charge in [0.25, 0.3) is 10.1 Å². The first-order chi connectivity index (χ1) is 10.5. The van der Waals surface area contributed by atoms with Gasteiger partial charge in [-0.2, -0.15) is 8.42 Å². The molecule has 4 nitrogen and oxygen atoms in total. The van der Waals surface area contributed by atoms with Crippen LogP contribution in [-0.4, -0.2) is 73.3 Å². The minimum absolute atomic E-state index is 0. The summed E-state index contributed by atoms with van der Waals surface area (Å²) in [4.78, 5) is 1.98. The van der Waals surface area contributed by atoms with Gasteiger partial charge < -0.3 is 4.90 Å². The van der Waals surface area contributed by atoms with Crippen LogP contribution in [0.2, 0.25) is 0 Å². The molecule has 0 aromatic carbocycles. The molecule has 0 rings (SSSR count). The molecule has 0 saturated heterocycles. The maximum atomic E-state index is 10.6. The fourth-order valence-electron chi connectivity index (χ4n) is 2.61. The summed E-state index contributed by atoms with van der Waals surface area (Å²) in [6.07, 6.45) is 16.0. The van der Waals surface area contributed by atoms with Gasteiger partial charge in [-0.3, -0.25) is 4.55 Å². The molecule has 23 heavy (non-hydrogen) atoms. The van der Waals surface area contributed by atoms with E-state index in [-0.39, 0.29) is 35.3 Å². The Bertz CT molecular complexity index is 337. The van der Waals surface area contributed by atoms with Crippen molar-refractivity contribution in [2.24, 2.45) is 0 Å². The van der Waals surface area contributed by atoms with Gasteiger partial charge in [0.15, 0.2) is 0 Å². The van der Waals surface area contributed by atoms with Crippen LogP contribution in [0.3, 0.4) is 0 Å². The van der Waals surface area contributed by atoms with Gasteiger partial charge in [0.1, 0.15) is 0 Å². The summed E-state index contributed by atoms with van der Waals surface area (Å²) in [5.41, 5.74) is 0. The third kappa shape index (κ3) is 22.9.